The summed E-state index contributed by atoms with van der Waals surface area (Å²) in [6, 6.07) is 3.82. The van der Waals surface area contributed by atoms with E-state index >= 15 is 0 Å². The number of nitrogens with two attached hydrogens (primary N) is 1. The van der Waals surface area contributed by atoms with Crippen molar-refractivity contribution in [2.24, 2.45) is 5.73 Å². The van der Waals surface area contributed by atoms with Crippen molar-refractivity contribution in [2.75, 3.05) is 6.61 Å². The summed E-state index contributed by atoms with van der Waals surface area (Å²) < 4.78 is 44.4. The van der Waals surface area contributed by atoms with E-state index in [9.17, 15) is 13.2 Å². The van der Waals surface area contributed by atoms with Crippen molar-refractivity contribution in [2.45, 2.75) is 64.6 Å². The summed E-state index contributed by atoms with van der Waals surface area (Å²) in [5.74, 6) is 0.527. The molecule has 1 rings (SSSR count). The van der Waals surface area contributed by atoms with Crippen LogP contribution >= 0.6 is 0 Å². The quantitative estimate of drug-likeness (QED) is 0.722. The molecule has 22 heavy (non-hydrogen) atoms. The summed E-state index contributed by atoms with van der Waals surface area (Å²) in [4.78, 5) is 0. The first kappa shape index (κ1) is 18.8. The minimum Gasteiger partial charge on any atom is -0.493 e. The topological polar surface area (TPSA) is 35.2 Å². The van der Waals surface area contributed by atoms with E-state index in [1.54, 1.807) is 0 Å². The van der Waals surface area contributed by atoms with Crippen LogP contribution < -0.4 is 10.5 Å². The van der Waals surface area contributed by atoms with Crippen LogP contribution in [0.2, 0.25) is 0 Å². The van der Waals surface area contributed by atoms with Crippen molar-refractivity contribution in [3.8, 4) is 5.75 Å². The zero-order valence-corrected chi connectivity index (χ0v) is 13.5. The largest absolute Gasteiger partial charge is 0.493 e. The Bertz CT molecular complexity index is 460. The molecule has 0 saturated heterocycles. The monoisotopic (exact) mass is 317 g/mol. The zero-order chi connectivity index (χ0) is 16.8. The molecule has 126 valence electrons. The molecule has 0 aromatic heterocycles. The van der Waals surface area contributed by atoms with Crippen molar-refractivity contribution in [3.05, 3.63) is 29.3 Å². The van der Waals surface area contributed by atoms with Crippen LogP contribution in [0.3, 0.4) is 0 Å². The lowest BCUT2D eigenvalue weighted by Gasteiger charge is -2.20. The predicted octanol–water partition coefficient (Wildman–Crippen LogP) is 5.12. The van der Waals surface area contributed by atoms with Crippen molar-refractivity contribution in [1.29, 1.82) is 0 Å². The van der Waals surface area contributed by atoms with Gasteiger partial charge in [-0.2, -0.15) is 13.2 Å². The fourth-order valence-corrected chi connectivity index (χ4v) is 2.28. The number of hydrogen-bond acceptors (Lipinski definition) is 2. The Balaban J connectivity index is 2.99. The van der Waals surface area contributed by atoms with Crippen LogP contribution in [0.25, 0.3) is 0 Å². The summed E-state index contributed by atoms with van der Waals surface area (Å²) >= 11 is 0. The lowest BCUT2D eigenvalue weighted by Crippen LogP contribution is -2.19. The second-order valence-corrected chi connectivity index (χ2v) is 5.75. The van der Waals surface area contributed by atoms with Gasteiger partial charge < -0.3 is 10.5 Å². The van der Waals surface area contributed by atoms with Gasteiger partial charge in [-0.1, -0.05) is 20.8 Å². The van der Waals surface area contributed by atoms with E-state index in [4.69, 9.17) is 10.5 Å². The molecule has 0 fully saturated rings. The average Bonchev–Trinajstić information content (AvgIpc) is 2.48. The Kier molecular flexibility index (Phi) is 7.20. The second kappa shape index (κ2) is 8.42. The third-order valence-corrected chi connectivity index (χ3v) is 3.82. The number of halogens is 3. The highest BCUT2D eigenvalue weighted by Crippen LogP contribution is 2.37. The number of alkyl halides is 3. The van der Waals surface area contributed by atoms with Gasteiger partial charge in [0, 0.05) is 6.04 Å². The molecule has 0 bridgehead atoms. The number of hydrogen-bond donors (Lipinski definition) is 1. The molecule has 2 unspecified atom stereocenters. The van der Waals surface area contributed by atoms with Crippen LogP contribution in [0, 0.1) is 0 Å². The number of ether oxygens (including phenoxy) is 1. The fourth-order valence-electron chi connectivity index (χ4n) is 2.28. The summed E-state index contributed by atoms with van der Waals surface area (Å²) in [6.07, 6.45) is -1.11. The van der Waals surface area contributed by atoms with E-state index < -0.39 is 11.7 Å². The fraction of sp³-hybridized carbons (Fsp3) is 0.647. The Morgan fingerprint density at radius 3 is 2.41 bits per heavy atom. The maximum Gasteiger partial charge on any atom is 0.416 e. The predicted molar refractivity (Wildman–Crippen MR) is 83.1 cm³/mol. The van der Waals surface area contributed by atoms with Gasteiger partial charge in [-0.05, 0) is 55.4 Å². The first-order valence-corrected chi connectivity index (χ1v) is 7.89. The first-order chi connectivity index (χ1) is 10.3. The van der Waals surface area contributed by atoms with Crippen LogP contribution in [0.1, 0.15) is 63.5 Å². The summed E-state index contributed by atoms with van der Waals surface area (Å²) in [7, 11) is 0. The van der Waals surface area contributed by atoms with Crippen LogP contribution in [-0.4, -0.2) is 12.6 Å². The summed E-state index contributed by atoms with van der Waals surface area (Å²) in [5, 5.41) is 0. The second-order valence-electron chi connectivity index (χ2n) is 5.75. The van der Waals surface area contributed by atoms with E-state index in [1.165, 1.54) is 12.1 Å². The minimum atomic E-state index is -4.34. The number of benzene rings is 1. The molecular formula is C17H26F3NO. The van der Waals surface area contributed by atoms with E-state index in [1.807, 2.05) is 20.8 Å². The molecular weight excluding hydrogens is 291 g/mol. The molecule has 0 spiro atoms. The van der Waals surface area contributed by atoms with Gasteiger partial charge in [0.05, 0.1) is 12.2 Å². The molecule has 0 amide bonds. The van der Waals surface area contributed by atoms with Crippen LogP contribution in [0.15, 0.2) is 18.2 Å². The highest BCUT2D eigenvalue weighted by atomic mass is 19.4. The van der Waals surface area contributed by atoms with Crippen molar-refractivity contribution < 1.29 is 17.9 Å². The van der Waals surface area contributed by atoms with Gasteiger partial charge in [-0.3, -0.25) is 0 Å². The minimum absolute atomic E-state index is 0.0215. The normalized spacial score (nSPS) is 14.7. The van der Waals surface area contributed by atoms with E-state index in [0.717, 1.165) is 31.7 Å². The molecule has 5 heteroatoms. The van der Waals surface area contributed by atoms with E-state index in [0.29, 0.717) is 17.9 Å². The van der Waals surface area contributed by atoms with Gasteiger partial charge >= 0.3 is 6.18 Å². The van der Waals surface area contributed by atoms with Gasteiger partial charge in [0.15, 0.2) is 0 Å². The molecule has 0 aliphatic rings. The molecule has 0 saturated carbocycles. The smallest absolute Gasteiger partial charge is 0.416 e. The SMILES string of the molecule is CCCOc1ccc(C(F)(F)F)cc1C(C)CCC(N)CC. The van der Waals surface area contributed by atoms with Gasteiger partial charge in [0.2, 0.25) is 0 Å². The van der Waals surface area contributed by atoms with Crippen LogP contribution in [0.4, 0.5) is 13.2 Å². The number of rotatable bonds is 8. The molecule has 0 radical (unpaired) electrons. The van der Waals surface area contributed by atoms with Crippen LogP contribution in [-0.2, 0) is 6.18 Å². The molecule has 0 aliphatic carbocycles. The van der Waals surface area contributed by atoms with Gasteiger partial charge in [0.25, 0.3) is 0 Å². The molecule has 2 atom stereocenters. The Hall–Kier alpha value is -1.23. The van der Waals surface area contributed by atoms with Crippen molar-refractivity contribution >= 4 is 0 Å². The van der Waals surface area contributed by atoms with Crippen LogP contribution in [0.5, 0.6) is 5.75 Å². The van der Waals surface area contributed by atoms with Crippen molar-refractivity contribution in [1.82, 2.24) is 0 Å². The third-order valence-electron chi connectivity index (χ3n) is 3.82. The average molecular weight is 317 g/mol. The Labute approximate surface area is 130 Å². The maximum atomic E-state index is 12.9. The highest BCUT2D eigenvalue weighted by molar-refractivity contribution is 5.40. The first-order valence-electron chi connectivity index (χ1n) is 7.89. The standard InChI is InChI=1S/C17H26F3NO/c1-4-10-22-16-9-7-13(17(18,19)20)11-15(16)12(3)6-8-14(21)5-2/h7,9,11-12,14H,4-6,8,10,21H2,1-3H3. The van der Waals surface area contributed by atoms with Gasteiger partial charge in [-0.15, -0.1) is 0 Å². The molecule has 2 N–H and O–H groups in total. The third kappa shape index (κ3) is 5.52. The molecule has 1 aromatic rings. The van der Waals surface area contributed by atoms with Crippen molar-refractivity contribution in [3.63, 3.8) is 0 Å². The molecule has 0 heterocycles. The van der Waals surface area contributed by atoms with E-state index in [2.05, 4.69) is 0 Å². The summed E-state index contributed by atoms with van der Waals surface area (Å²) in [6.45, 7) is 6.40. The Morgan fingerprint density at radius 2 is 1.86 bits per heavy atom. The lowest BCUT2D eigenvalue weighted by molar-refractivity contribution is -0.137. The molecule has 1 aromatic carbocycles. The lowest BCUT2D eigenvalue weighted by atomic mass is 9.91. The highest BCUT2D eigenvalue weighted by Gasteiger charge is 2.31. The van der Waals surface area contributed by atoms with E-state index in [-0.39, 0.29) is 12.0 Å². The van der Waals surface area contributed by atoms with Gasteiger partial charge in [-0.25, -0.2) is 0 Å². The molecule has 2 nitrogen and oxygen atoms in total. The van der Waals surface area contributed by atoms with Gasteiger partial charge in [0.1, 0.15) is 5.75 Å². The zero-order valence-electron chi connectivity index (χ0n) is 13.5. The molecule has 0 aliphatic heterocycles. The Morgan fingerprint density at radius 1 is 1.18 bits per heavy atom. The summed E-state index contributed by atoms with van der Waals surface area (Å²) in [5.41, 5.74) is 5.90. The maximum absolute atomic E-state index is 12.9.